The van der Waals surface area contributed by atoms with Gasteiger partial charge in [0.15, 0.2) is 0 Å². The van der Waals surface area contributed by atoms with E-state index in [2.05, 4.69) is 10.1 Å². The molecule has 0 saturated heterocycles. The lowest BCUT2D eigenvalue weighted by Crippen LogP contribution is -2.21. The van der Waals surface area contributed by atoms with E-state index in [0.717, 1.165) is 0 Å². The van der Waals surface area contributed by atoms with Crippen LogP contribution in [0, 0.1) is 0 Å². The fourth-order valence-corrected chi connectivity index (χ4v) is 1.84. The van der Waals surface area contributed by atoms with Crippen molar-refractivity contribution in [2.24, 2.45) is 5.14 Å². The van der Waals surface area contributed by atoms with E-state index in [0.29, 0.717) is 25.3 Å². The Labute approximate surface area is 105 Å². The van der Waals surface area contributed by atoms with Gasteiger partial charge in [-0.15, -0.1) is 0 Å². The van der Waals surface area contributed by atoms with Crippen molar-refractivity contribution in [1.29, 1.82) is 0 Å². The number of methoxy groups -OCH3 is 1. The third kappa shape index (κ3) is 5.30. The Kier molecular flexibility index (Phi) is 5.32. The van der Waals surface area contributed by atoms with Crippen LogP contribution in [-0.2, 0) is 21.3 Å². The van der Waals surface area contributed by atoms with E-state index in [1.165, 1.54) is 13.2 Å². The fourth-order valence-electron chi connectivity index (χ4n) is 1.29. The molecule has 1 heterocycles. The molecule has 7 nitrogen and oxygen atoms in total. The van der Waals surface area contributed by atoms with E-state index < -0.39 is 16.0 Å². The molecule has 0 spiro atoms. The molecule has 0 amide bonds. The average Bonchev–Trinajstić information content (AvgIpc) is 2.75. The number of nitrogens with two attached hydrogens (primary N) is 1. The average molecular weight is 276 g/mol. The van der Waals surface area contributed by atoms with Crippen molar-refractivity contribution in [3.05, 3.63) is 23.7 Å². The lowest BCUT2D eigenvalue weighted by atomic mass is 10.4. The zero-order valence-corrected chi connectivity index (χ0v) is 10.8. The van der Waals surface area contributed by atoms with Crippen molar-refractivity contribution >= 4 is 16.0 Å². The Bertz CT molecular complexity index is 494. The maximum absolute atomic E-state index is 11.1. The summed E-state index contributed by atoms with van der Waals surface area (Å²) in [5, 5.41) is 7.83. The van der Waals surface area contributed by atoms with Gasteiger partial charge in [-0.2, -0.15) is 0 Å². The molecule has 0 aliphatic heterocycles. The second-order valence-corrected chi connectivity index (χ2v) is 5.39. The number of hydrogen-bond donors (Lipinski definition) is 2. The smallest absolute Gasteiger partial charge is 0.373 e. The molecule has 0 unspecified atom stereocenters. The van der Waals surface area contributed by atoms with Gasteiger partial charge in [0, 0.05) is 0 Å². The number of hydrogen-bond acceptors (Lipinski definition) is 6. The van der Waals surface area contributed by atoms with Crippen molar-refractivity contribution in [1.82, 2.24) is 5.32 Å². The molecule has 1 aromatic rings. The normalized spacial score (nSPS) is 11.4. The summed E-state index contributed by atoms with van der Waals surface area (Å²) in [6, 6.07) is 3.17. The second kappa shape index (κ2) is 6.53. The minimum atomic E-state index is -3.40. The van der Waals surface area contributed by atoms with Gasteiger partial charge in [-0.05, 0) is 25.1 Å². The highest BCUT2D eigenvalue weighted by molar-refractivity contribution is 7.89. The van der Waals surface area contributed by atoms with E-state index >= 15 is 0 Å². The maximum atomic E-state index is 11.1. The van der Waals surface area contributed by atoms with Gasteiger partial charge in [-0.3, -0.25) is 0 Å². The minimum absolute atomic E-state index is 0.0639. The number of ether oxygens (including phenoxy) is 1. The van der Waals surface area contributed by atoms with Gasteiger partial charge in [0.05, 0.1) is 19.4 Å². The van der Waals surface area contributed by atoms with E-state index in [1.807, 2.05) is 0 Å². The number of rotatable bonds is 7. The third-order valence-corrected chi connectivity index (χ3v) is 2.99. The summed E-state index contributed by atoms with van der Waals surface area (Å²) in [4.78, 5) is 11.1. The van der Waals surface area contributed by atoms with Crippen LogP contribution in [0.3, 0.4) is 0 Å². The van der Waals surface area contributed by atoms with Gasteiger partial charge in [-0.1, -0.05) is 0 Å². The summed E-state index contributed by atoms with van der Waals surface area (Å²) in [6.07, 6.45) is 0.420. The Morgan fingerprint density at radius 3 is 2.83 bits per heavy atom. The Morgan fingerprint density at radius 1 is 1.50 bits per heavy atom. The number of furan rings is 1. The third-order valence-electron chi connectivity index (χ3n) is 2.13. The van der Waals surface area contributed by atoms with Crippen LogP contribution >= 0.6 is 0 Å². The van der Waals surface area contributed by atoms with Gasteiger partial charge in [-0.25, -0.2) is 18.4 Å². The van der Waals surface area contributed by atoms with Crippen molar-refractivity contribution in [2.75, 3.05) is 19.4 Å². The molecular formula is C10H16N2O5S. The minimum Gasteiger partial charge on any atom is -0.463 e. The van der Waals surface area contributed by atoms with Crippen LogP contribution < -0.4 is 10.5 Å². The second-order valence-electron chi connectivity index (χ2n) is 3.65. The van der Waals surface area contributed by atoms with Crippen molar-refractivity contribution < 1.29 is 22.4 Å². The van der Waals surface area contributed by atoms with E-state index in [4.69, 9.17) is 9.56 Å². The number of sulfonamides is 1. The molecule has 3 N–H and O–H groups in total. The van der Waals surface area contributed by atoms with Crippen LogP contribution in [0.25, 0.3) is 0 Å². The Morgan fingerprint density at radius 2 is 2.22 bits per heavy atom. The van der Waals surface area contributed by atoms with E-state index in [9.17, 15) is 13.2 Å². The summed E-state index contributed by atoms with van der Waals surface area (Å²) >= 11 is 0. The van der Waals surface area contributed by atoms with Crippen LogP contribution in [0.2, 0.25) is 0 Å². The highest BCUT2D eigenvalue weighted by Crippen LogP contribution is 2.08. The van der Waals surface area contributed by atoms with Crippen LogP contribution in [0.15, 0.2) is 16.5 Å². The summed E-state index contributed by atoms with van der Waals surface area (Å²) in [7, 11) is -2.13. The monoisotopic (exact) mass is 276 g/mol. The van der Waals surface area contributed by atoms with Gasteiger partial charge in [0.25, 0.3) is 0 Å². The van der Waals surface area contributed by atoms with Gasteiger partial charge in [0.1, 0.15) is 5.76 Å². The first kappa shape index (κ1) is 14.7. The van der Waals surface area contributed by atoms with Crippen LogP contribution in [-0.4, -0.2) is 33.8 Å². The SMILES string of the molecule is COC(=O)c1ccc(CNCCCS(N)(=O)=O)o1. The number of carbonyl (C=O) groups is 1. The lowest BCUT2D eigenvalue weighted by Gasteiger charge is -2.01. The van der Waals surface area contributed by atoms with Crippen LogP contribution in [0.4, 0.5) is 0 Å². The van der Waals surface area contributed by atoms with Crippen molar-refractivity contribution in [3.63, 3.8) is 0 Å². The number of primary sulfonamides is 1. The largest absolute Gasteiger partial charge is 0.463 e. The predicted octanol–water partition coefficient (Wildman–Crippen LogP) is -0.166. The first-order valence-corrected chi connectivity index (χ1v) is 7.02. The molecule has 1 rings (SSSR count). The lowest BCUT2D eigenvalue weighted by molar-refractivity contribution is 0.0563. The number of nitrogens with one attached hydrogen (secondary N) is 1. The molecule has 0 aliphatic rings. The molecule has 1 aromatic heterocycles. The van der Waals surface area contributed by atoms with Crippen molar-refractivity contribution in [2.45, 2.75) is 13.0 Å². The molecule has 0 fully saturated rings. The molecule has 0 aliphatic carbocycles. The Hall–Kier alpha value is -1.38. The highest BCUT2D eigenvalue weighted by atomic mass is 32.2. The highest BCUT2D eigenvalue weighted by Gasteiger charge is 2.10. The summed E-state index contributed by atoms with van der Waals surface area (Å²) in [5.41, 5.74) is 0. The van der Waals surface area contributed by atoms with Gasteiger partial charge < -0.3 is 14.5 Å². The van der Waals surface area contributed by atoms with Gasteiger partial charge >= 0.3 is 5.97 Å². The molecule has 18 heavy (non-hydrogen) atoms. The topological polar surface area (TPSA) is 112 Å². The predicted molar refractivity (Wildman–Crippen MR) is 64.3 cm³/mol. The van der Waals surface area contributed by atoms with Crippen LogP contribution in [0.1, 0.15) is 22.7 Å². The first-order valence-electron chi connectivity index (χ1n) is 5.30. The molecule has 0 bridgehead atoms. The maximum Gasteiger partial charge on any atom is 0.373 e. The van der Waals surface area contributed by atoms with E-state index in [-0.39, 0.29) is 11.5 Å². The quantitative estimate of drug-likeness (QED) is 0.528. The summed E-state index contributed by atoms with van der Waals surface area (Å²) in [6.45, 7) is 0.895. The number of esters is 1. The number of carbonyl (C=O) groups excluding carboxylic acids is 1. The van der Waals surface area contributed by atoms with Crippen LogP contribution in [0.5, 0.6) is 0 Å². The fraction of sp³-hybridized carbons (Fsp3) is 0.500. The molecule has 0 atom stereocenters. The standard InChI is InChI=1S/C10H16N2O5S/c1-16-10(13)9-4-3-8(17-9)7-12-5-2-6-18(11,14)15/h3-4,12H,2,5-7H2,1H3,(H2,11,14,15). The molecule has 102 valence electrons. The van der Waals surface area contributed by atoms with Crippen molar-refractivity contribution in [3.8, 4) is 0 Å². The zero-order valence-electron chi connectivity index (χ0n) is 10.0. The first-order chi connectivity index (χ1) is 8.42. The molecular weight excluding hydrogens is 260 g/mol. The molecule has 0 saturated carbocycles. The van der Waals surface area contributed by atoms with E-state index in [1.54, 1.807) is 6.07 Å². The summed E-state index contributed by atoms with van der Waals surface area (Å²) in [5.74, 6) is 0.117. The van der Waals surface area contributed by atoms with Gasteiger partial charge in [0.2, 0.25) is 15.8 Å². The Balaban J connectivity index is 2.28. The molecule has 8 heteroatoms. The zero-order chi connectivity index (χ0) is 13.6. The summed E-state index contributed by atoms with van der Waals surface area (Å²) < 4.78 is 31.0. The molecule has 0 aromatic carbocycles. The molecule has 0 radical (unpaired) electrons.